The first-order chi connectivity index (χ1) is 8.33. The molecule has 0 saturated carbocycles. The van der Waals surface area contributed by atoms with E-state index < -0.39 is 0 Å². The lowest BCUT2D eigenvalue weighted by Gasteiger charge is -1.92. The molecule has 0 aromatic rings. The first-order valence-corrected chi connectivity index (χ1v) is 6.70. The Morgan fingerprint density at radius 3 is 1.53 bits per heavy atom. The zero-order valence-corrected chi connectivity index (χ0v) is 12.5. The Morgan fingerprint density at radius 1 is 0.765 bits per heavy atom. The summed E-state index contributed by atoms with van der Waals surface area (Å²) in [6.45, 7) is 18.6. The van der Waals surface area contributed by atoms with Crippen molar-refractivity contribution < 1.29 is 0 Å². The molecule has 1 heteroatoms. The van der Waals surface area contributed by atoms with Crippen LogP contribution < -0.4 is 5.73 Å². The summed E-state index contributed by atoms with van der Waals surface area (Å²) in [5.74, 6) is 0. The Hall–Kier alpha value is -0.980. The normalized spacial score (nSPS) is 7.94. The summed E-state index contributed by atoms with van der Waals surface area (Å²) >= 11 is 0. The summed E-state index contributed by atoms with van der Waals surface area (Å²) in [5, 5.41) is 0. The van der Waals surface area contributed by atoms with Crippen LogP contribution in [0.2, 0.25) is 0 Å². The van der Waals surface area contributed by atoms with Crippen molar-refractivity contribution in [3.63, 3.8) is 0 Å². The third-order valence-corrected chi connectivity index (χ3v) is 1.86. The highest BCUT2D eigenvalue weighted by molar-refractivity contribution is 4.74. The van der Waals surface area contributed by atoms with Gasteiger partial charge < -0.3 is 5.73 Å². The van der Waals surface area contributed by atoms with Crippen molar-refractivity contribution in [2.24, 2.45) is 5.73 Å². The van der Waals surface area contributed by atoms with Crippen LogP contribution in [-0.4, -0.2) is 0 Å². The van der Waals surface area contributed by atoms with E-state index in [4.69, 9.17) is 5.73 Å². The topological polar surface area (TPSA) is 26.0 Å². The summed E-state index contributed by atoms with van der Waals surface area (Å²) in [5.41, 5.74) is 5.16. The standard InChI is InChI=1S/C8H17N.C4H10.2C2H4/c1-2-3-4-5-6-7-8-9;1-3-4-2;2*1-2/h7-8H,2-6,9H2,1H3;3-4H2,1-2H3;2*1-2H2/b8-7+;;;. The monoisotopic (exact) mass is 241 g/mol. The molecule has 0 radical (unpaired) electrons. The summed E-state index contributed by atoms with van der Waals surface area (Å²) in [4.78, 5) is 0. The maximum Gasteiger partial charge on any atom is -0.0103 e. The molecule has 0 unspecified atom stereocenters. The summed E-state index contributed by atoms with van der Waals surface area (Å²) in [6.07, 6.45) is 12.8. The van der Waals surface area contributed by atoms with Crippen molar-refractivity contribution >= 4 is 0 Å². The molecule has 0 aliphatic carbocycles. The van der Waals surface area contributed by atoms with Gasteiger partial charge in [0.15, 0.2) is 0 Å². The van der Waals surface area contributed by atoms with Gasteiger partial charge >= 0.3 is 0 Å². The smallest absolute Gasteiger partial charge is 0.0103 e. The Kier molecular flexibility index (Phi) is 67.5. The van der Waals surface area contributed by atoms with Crippen LogP contribution >= 0.6 is 0 Å². The average molecular weight is 241 g/mol. The first-order valence-electron chi connectivity index (χ1n) is 6.70. The molecular weight excluding hydrogens is 206 g/mol. The minimum atomic E-state index is 1.15. The Balaban J connectivity index is -0.0000000887. The highest BCUT2D eigenvalue weighted by atomic mass is 14.5. The molecule has 0 spiro atoms. The van der Waals surface area contributed by atoms with E-state index in [0.717, 1.165) is 6.42 Å². The quantitative estimate of drug-likeness (QED) is 0.459. The second-order valence-corrected chi connectivity index (χ2v) is 3.28. The maximum atomic E-state index is 5.16. The molecule has 0 aliphatic rings. The van der Waals surface area contributed by atoms with Gasteiger partial charge in [0, 0.05) is 0 Å². The molecule has 1 nitrogen and oxygen atoms in total. The molecule has 17 heavy (non-hydrogen) atoms. The molecule has 0 aromatic heterocycles. The third-order valence-electron chi connectivity index (χ3n) is 1.86. The second kappa shape index (κ2) is 45.9. The van der Waals surface area contributed by atoms with Crippen molar-refractivity contribution in [1.29, 1.82) is 0 Å². The molecule has 0 amide bonds. The third kappa shape index (κ3) is 70.3. The van der Waals surface area contributed by atoms with Gasteiger partial charge in [-0.15, -0.1) is 26.3 Å². The van der Waals surface area contributed by atoms with E-state index in [-0.39, 0.29) is 0 Å². The average Bonchev–Trinajstić information content (AvgIpc) is 2.43. The lowest BCUT2D eigenvalue weighted by molar-refractivity contribution is 0.674. The van der Waals surface area contributed by atoms with E-state index in [9.17, 15) is 0 Å². The van der Waals surface area contributed by atoms with E-state index in [1.807, 2.05) is 6.08 Å². The van der Waals surface area contributed by atoms with Crippen LogP contribution in [-0.2, 0) is 0 Å². The molecule has 104 valence electrons. The van der Waals surface area contributed by atoms with Gasteiger partial charge in [-0.05, 0) is 19.0 Å². The molecule has 2 N–H and O–H groups in total. The van der Waals surface area contributed by atoms with Crippen LogP contribution in [0.5, 0.6) is 0 Å². The number of rotatable bonds is 6. The van der Waals surface area contributed by atoms with Gasteiger partial charge in [-0.1, -0.05) is 59.0 Å². The van der Waals surface area contributed by atoms with Crippen molar-refractivity contribution in [2.45, 2.75) is 65.7 Å². The van der Waals surface area contributed by atoms with Crippen LogP contribution in [0.25, 0.3) is 0 Å². The molecular formula is C16H35N. The second-order valence-electron chi connectivity index (χ2n) is 3.28. The van der Waals surface area contributed by atoms with Crippen LogP contribution in [0.4, 0.5) is 0 Å². The number of hydrogen-bond acceptors (Lipinski definition) is 1. The largest absolute Gasteiger partial charge is 0.405 e. The van der Waals surface area contributed by atoms with E-state index in [1.54, 1.807) is 6.20 Å². The van der Waals surface area contributed by atoms with Gasteiger partial charge in [-0.25, -0.2) is 0 Å². The number of hydrogen-bond donors (Lipinski definition) is 1. The minimum absolute atomic E-state index is 1.15. The fourth-order valence-corrected chi connectivity index (χ4v) is 0.785. The fraction of sp³-hybridized carbons (Fsp3) is 0.625. The van der Waals surface area contributed by atoms with Crippen molar-refractivity contribution in [2.75, 3.05) is 0 Å². The predicted molar refractivity (Wildman–Crippen MR) is 85.2 cm³/mol. The number of nitrogens with two attached hydrogens (primary N) is 1. The van der Waals surface area contributed by atoms with E-state index >= 15 is 0 Å². The first kappa shape index (κ1) is 25.0. The van der Waals surface area contributed by atoms with E-state index in [0.29, 0.717) is 0 Å². The molecule has 0 rings (SSSR count). The van der Waals surface area contributed by atoms with Gasteiger partial charge in [0.1, 0.15) is 0 Å². The summed E-state index contributed by atoms with van der Waals surface area (Å²) in [6, 6.07) is 0. The maximum absolute atomic E-state index is 5.16. The molecule has 0 aliphatic heterocycles. The van der Waals surface area contributed by atoms with Crippen LogP contribution in [0.3, 0.4) is 0 Å². The van der Waals surface area contributed by atoms with Crippen LogP contribution in [0.1, 0.15) is 65.7 Å². The van der Waals surface area contributed by atoms with Crippen LogP contribution in [0.15, 0.2) is 38.6 Å². The molecule has 0 bridgehead atoms. The molecule has 0 saturated heterocycles. The van der Waals surface area contributed by atoms with Crippen molar-refractivity contribution in [1.82, 2.24) is 0 Å². The van der Waals surface area contributed by atoms with Crippen molar-refractivity contribution in [3.05, 3.63) is 38.6 Å². The summed E-state index contributed by atoms with van der Waals surface area (Å²) in [7, 11) is 0. The lowest BCUT2D eigenvalue weighted by atomic mass is 10.1. The van der Waals surface area contributed by atoms with Gasteiger partial charge in [0.2, 0.25) is 0 Å². The highest BCUT2D eigenvalue weighted by Gasteiger charge is 1.82. The van der Waals surface area contributed by atoms with Gasteiger partial charge in [0.25, 0.3) is 0 Å². The van der Waals surface area contributed by atoms with Gasteiger partial charge in [0.05, 0.1) is 0 Å². The Bertz CT molecular complexity index is 104. The zero-order chi connectivity index (χ0) is 14.4. The van der Waals surface area contributed by atoms with E-state index in [1.165, 1.54) is 38.5 Å². The van der Waals surface area contributed by atoms with Crippen LogP contribution in [0, 0.1) is 0 Å². The summed E-state index contributed by atoms with van der Waals surface area (Å²) < 4.78 is 0. The molecule has 0 atom stereocenters. The van der Waals surface area contributed by atoms with Gasteiger partial charge in [-0.2, -0.15) is 0 Å². The zero-order valence-electron chi connectivity index (χ0n) is 12.5. The molecule has 0 aromatic carbocycles. The molecule has 0 fully saturated rings. The Morgan fingerprint density at radius 2 is 1.24 bits per heavy atom. The fourth-order valence-electron chi connectivity index (χ4n) is 0.785. The van der Waals surface area contributed by atoms with E-state index in [2.05, 4.69) is 47.1 Å². The predicted octanol–water partition coefficient (Wildman–Crippen LogP) is 5.84. The SMILES string of the molecule is C=C.C=C.CCCC.CCCCCC/C=C/N. The van der Waals surface area contributed by atoms with Crippen molar-refractivity contribution in [3.8, 4) is 0 Å². The minimum Gasteiger partial charge on any atom is -0.405 e. The number of allylic oxidation sites excluding steroid dienone is 1. The highest BCUT2D eigenvalue weighted by Crippen LogP contribution is 2.01. The lowest BCUT2D eigenvalue weighted by Crippen LogP contribution is -1.77. The number of unbranched alkanes of at least 4 members (excludes halogenated alkanes) is 5. The van der Waals surface area contributed by atoms with Gasteiger partial charge in [-0.3, -0.25) is 0 Å². The Labute approximate surface area is 111 Å². The molecule has 0 heterocycles.